The van der Waals surface area contributed by atoms with Crippen molar-refractivity contribution in [1.29, 1.82) is 0 Å². The van der Waals surface area contributed by atoms with Gasteiger partial charge in [-0.05, 0) is 18.8 Å². The first kappa shape index (κ1) is 18.9. The molecule has 1 saturated carbocycles. The predicted octanol–water partition coefficient (Wildman–Crippen LogP) is 4.07. The highest BCUT2D eigenvalue weighted by Crippen LogP contribution is 2.28. The Morgan fingerprint density at radius 2 is 2.12 bits per heavy atom. The van der Waals surface area contributed by atoms with E-state index in [2.05, 4.69) is 17.2 Å². The Labute approximate surface area is 148 Å². The van der Waals surface area contributed by atoms with E-state index in [9.17, 15) is 9.59 Å². The molecule has 0 radical (unpaired) electrons. The molecule has 0 unspecified atom stereocenters. The van der Waals surface area contributed by atoms with Gasteiger partial charge in [0.2, 0.25) is 11.8 Å². The summed E-state index contributed by atoms with van der Waals surface area (Å²) in [4.78, 5) is 30.5. The number of aromatic nitrogens is 1. The van der Waals surface area contributed by atoms with Crippen LogP contribution in [0.25, 0.3) is 0 Å². The minimum atomic E-state index is -0.157. The molecule has 0 aromatic carbocycles. The van der Waals surface area contributed by atoms with Crippen molar-refractivity contribution < 1.29 is 9.59 Å². The summed E-state index contributed by atoms with van der Waals surface area (Å²) in [6, 6.07) is 0. The van der Waals surface area contributed by atoms with Gasteiger partial charge in [-0.15, -0.1) is 11.3 Å². The second kappa shape index (κ2) is 10.4. The number of nitrogens with one attached hydrogen (secondary N) is 1. The summed E-state index contributed by atoms with van der Waals surface area (Å²) in [5.74, 6) is 0.665. The van der Waals surface area contributed by atoms with Crippen molar-refractivity contribution in [2.24, 2.45) is 5.92 Å². The fourth-order valence-electron chi connectivity index (χ4n) is 3.25. The molecule has 5 nitrogen and oxygen atoms in total. The summed E-state index contributed by atoms with van der Waals surface area (Å²) in [6.07, 6.45) is 11.5. The topological polar surface area (TPSA) is 62.3 Å². The molecule has 0 atom stereocenters. The molecule has 1 N–H and O–H groups in total. The first-order chi connectivity index (χ1) is 11.7. The van der Waals surface area contributed by atoms with E-state index in [0.717, 1.165) is 25.7 Å². The monoisotopic (exact) mass is 351 g/mol. The second-order valence-corrected chi connectivity index (χ2v) is 7.49. The first-order valence-electron chi connectivity index (χ1n) is 9.16. The van der Waals surface area contributed by atoms with Crippen molar-refractivity contribution in [2.45, 2.75) is 64.7 Å². The Morgan fingerprint density at radius 3 is 2.79 bits per heavy atom. The number of carbonyl (C=O) groups is 2. The average molecular weight is 352 g/mol. The molecule has 24 heavy (non-hydrogen) atoms. The Hall–Kier alpha value is -1.43. The van der Waals surface area contributed by atoms with Crippen molar-refractivity contribution in [3.8, 4) is 0 Å². The fourth-order valence-corrected chi connectivity index (χ4v) is 3.79. The second-order valence-electron chi connectivity index (χ2n) is 6.60. The van der Waals surface area contributed by atoms with Crippen LogP contribution in [0.1, 0.15) is 64.7 Å². The number of hydrogen-bond donors (Lipinski definition) is 1. The lowest BCUT2D eigenvalue weighted by Gasteiger charge is -2.22. The molecule has 0 bridgehead atoms. The van der Waals surface area contributed by atoms with E-state index in [4.69, 9.17) is 0 Å². The Bertz CT molecular complexity index is 498. The molecule has 6 heteroatoms. The van der Waals surface area contributed by atoms with Crippen LogP contribution < -0.4 is 5.32 Å². The van der Waals surface area contributed by atoms with Crippen molar-refractivity contribution in [2.75, 3.05) is 18.4 Å². The standard InChI is InChI=1S/C18H29N3O2S/c1-2-3-6-12-21(14-16(22)20-18-19-11-13-24-18)17(23)10-9-15-7-4-5-8-15/h11,13,15H,2-10,12,14H2,1H3,(H,19,20,22). The number of rotatable bonds is 10. The minimum Gasteiger partial charge on any atom is -0.333 e. The molecule has 1 aromatic heterocycles. The van der Waals surface area contributed by atoms with Crippen molar-refractivity contribution in [1.82, 2.24) is 9.88 Å². The molecule has 1 fully saturated rings. The minimum absolute atomic E-state index is 0.118. The van der Waals surface area contributed by atoms with Gasteiger partial charge in [0.15, 0.2) is 5.13 Å². The molecule has 2 rings (SSSR count). The lowest BCUT2D eigenvalue weighted by molar-refractivity contribution is -0.135. The van der Waals surface area contributed by atoms with Crippen LogP contribution >= 0.6 is 11.3 Å². The summed E-state index contributed by atoms with van der Waals surface area (Å²) in [5, 5.41) is 5.18. The van der Waals surface area contributed by atoms with Crippen LogP contribution in [0.3, 0.4) is 0 Å². The number of amides is 2. The third-order valence-corrected chi connectivity index (χ3v) is 5.33. The molecule has 0 spiro atoms. The van der Waals surface area contributed by atoms with E-state index < -0.39 is 0 Å². The molecule has 1 aliphatic carbocycles. The summed E-state index contributed by atoms with van der Waals surface area (Å²) in [6.45, 7) is 2.94. The van der Waals surface area contributed by atoms with Gasteiger partial charge in [-0.1, -0.05) is 45.4 Å². The molecular formula is C18H29N3O2S. The van der Waals surface area contributed by atoms with Gasteiger partial charge in [-0.3, -0.25) is 9.59 Å². The van der Waals surface area contributed by atoms with E-state index in [1.807, 2.05) is 5.38 Å². The van der Waals surface area contributed by atoms with E-state index in [-0.39, 0.29) is 18.4 Å². The van der Waals surface area contributed by atoms with Crippen LogP contribution in [0.5, 0.6) is 0 Å². The summed E-state index contributed by atoms with van der Waals surface area (Å²) < 4.78 is 0. The van der Waals surface area contributed by atoms with Gasteiger partial charge < -0.3 is 10.2 Å². The molecule has 2 amide bonds. The molecule has 134 valence electrons. The van der Waals surface area contributed by atoms with Crippen LogP contribution in [0.15, 0.2) is 11.6 Å². The summed E-state index contributed by atoms with van der Waals surface area (Å²) in [5.41, 5.74) is 0. The number of carbonyl (C=O) groups excluding carboxylic acids is 2. The lowest BCUT2D eigenvalue weighted by Crippen LogP contribution is -2.38. The number of nitrogens with zero attached hydrogens (tertiary/aromatic N) is 2. The fraction of sp³-hybridized carbons (Fsp3) is 0.722. The maximum absolute atomic E-state index is 12.6. The van der Waals surface area contributed by atoms with Crippen molar-refractivity contribution >= 4 is 28.3 Å². The zero-order valence-corrected chi connectivity index (χ0v) is 15.4. The maximum atomic E-state index is 12.6. The Morgan fingerprint density at radius 1 is 1.33 bits per heavy atom. The van der Waals surface area contributed by atoms with Crippen molar-refractivity contribution in [3.63, 3.8) is 0 Å². The third kappa shape index (κ3) is 6.59. The average Bonchev–Trinajstić information content (AvgIpc) is 3.25. The van der Waals surface area contributed by atoms with E-state index in [0.29, 0.717) is 24.0 Å². The van der Waals surface area contributed by atoms with Gasteiger partial charge in [0.1, 0.15) is 0 Å². The quantitative estimate of drug-likeness (QED) is 0.646. The third-order valence-electron chi connectivity index (χ3n) is 4.64. The van der Waals surface area contributed by atoms with E-state index in [1.54, 1.807) is 11.1 Å². The molecule has 0 aliphatic heterocycles. The van der Waals surface area contributed by atoms with E-state index >= 15 is 0 Å². The number of anilines is 1. The molecular weight excluding hydrogens is 322 g/mol. The zero-order valence-electron chi connectivity index (χ0n) is 14.6. The highest BCUT2D eigenvalue weighted by molar-refractivity contribution is 7.13. The Balaban J connectivity index is 1.82. The smallest absolute Gasteiger partial charge is 0.245 e. The van der Waals surface area contributed by atoms with Crippen LogP contribution in [0.4, 0.5) is 5.13 Å². The number of unbranched alkanes of at least 4 members (excludes halogenated alkanes) is 2. The predicted molar refractivity (Wildman–Crippen MR) is 98.0 cm³/mol. The first-order valence-corrected chi connectivity index (χ1v) is 10.0. The molecule has 1 heterocycles. The maximum Gasteiger partial charge on any atom is 0.245 e. The van der Waals surface area contributed by atoms with Gasteiger partial charge in [0.05, 0.1) is 6.54 Å². The zero-order chi connectivity index (χ0) is 17.2. The molecule has 0 saturated heterocycles. The number of thiazole rings is 1. The molecule has 1 aromatic rings. The summed E-state index contributed by atoms with van der Waals surface area (Å²) in [7, 11) is 0. The highest BCUT2D eigenvalue weighted by Gasteiger charge is 2.20. The van der Waals surface area contributed by atoms with Gasteiger partial charge in [0.25, 0.3) is 0 Å². The van der Waals surface area contributed by atoms with Gasteiger partial charge in [-0.2, -0.15) is 0 Å². The number of hydrogen-bond acceptors (Lipinski definition) is 4. The normalized spacial score (nSPS) is 14.7. The van der Waals surface area contributed by atoms with Crippen LogP contribution in [0.2, 0.25) is 0 Å². The SMILES string of the molecule is CCCCCN(CC(=O)Nc1nccs1)C(=O)CCC1CCCC1. The summed E-state index contributed by atoms with van der Waals surface area (Å²) >= 11 is 1.39. The van der Waals surface area contributed by atoms with Gasteiger partial charge in [0, 0.05) is 24.5 Å². The van der Waals surface area contributed by atoms with Crippen LogP contribution in [0, 0.1) is 5.92 Å². The van der Waals surface area contributed by atoms with Crippen LogP contribution in [-0.2, 0) is 9.59 Å². The molecule has 1 aliphatic rings. The Kier molecular flexibility index (Phi) is 8.22. The van der Waals surface area contributed by atoms with E-state index in [1.165, 1.54) is 37.0 Å². The largest absolute Gasteiger partial charge is 0.333 e. The van der Waals surface area contributed by atoms with Crippen molar-refractivity contribution in [3.05, 3.63) is 11.6 Å². The van der Waals surface area contributed by atoms with Gasteiger partial charge >= 0.3 is 0 Å². The lowest BCUT2D eigenvalue weighted by atomic mass is 10.0. The highest BCUT2D eigenvalue weighted by atomic mass is 32.1. The van der Waals surface area contributed by atoms with Gasteiger partial charge in [-0.25, -0.2) is 4.98 Å². The van der Waals surface area contributed by atoms with Crippen LogP contribution in [-0.4, -0.2) is 34.8 Å².